The third-order valence-corrected chi connectivity index (χ3v) is 9.16. The second-order valence-electron chi connectivity index (χ2n) is 11.9. The molecule has 234 valence electrons. The number of benzene rings is 3. The number of carbonyl (C=O) groups excluding carboxylic acids is 2. The van der Waals surface area contributed by atoms with Gasteiger partial charge in [-0.2, -0.15) is 0 Å². The number of amides is 2. The van der Waals surface area contributed by atoms with Gasteiger partial charge >= 0.3 is 6.09 Å². The molecule has 2 aromatic heterocycles. The van der Waals surface area contributed by atoms with Gasteiger partial charge in [-0.3, -0.25) is 4.79 Å². The van der Waals surface area contributed by atoms with Crippen molar-refractivity contribution in [1.82, 2.24) is 24.3 Å². The number of ether oxygens (including phenoxy) is 1. The first-order valence-corrected chi connectivity index (χ1v) is 16.1. The average Bonchev–Trinajstić information content (AvgIpc) is 3.74. The van der Waals surface area contributed by atoms with E-state index >= 15 is 0 Å². The van der Waals surface area contributed by atoms with E-state index in [4.69, 9.17) is 21.3 Å². The summed E-state index contributed by atoms with van der Waals surface area (Å²) in [6.45, 7) is 2.52. The van der Waals surface area contributed by atoms with Crippen LogP contribution >= 0.6 is 11.6 Å². The summed E-state index contributed by atoms with van der Waals surface area (Å²) in [7, 11) is 0. The number of para-hydroxylation sites is 2. The van der Waals surface area contributed by atoms with Gasteiger partial charge in [-0.05, 0) is 43.0 Å². The Morgan fingerprint density at radius 1 is 0.870 bits per heavy atom. The molecule has 0 saturated carbocycles. The number of hydrogen-bond donors (Lipinski definition) is 1. The van der Waals surface area contributed by atoms with Crippen LogP contribution in [0.15, 0.2) is 97.3 Å². The van der Waals surface area contributed by atoms with E-state index in [1.165, 1.54) is 0 Å². The van der Waals surface area contributed by atoms with Gasteiger partial charge in [-0.25, -0.2) is 14.8 Å². The summed E-state index contributed by atoms with van der Waals surface area (Å²) in [4.78, 5) is 39.0. The van der Waals surface area contributed by atoms with Crippen LogP contribution in [-0.2, 0) is 16.1 Å². The molecule has 0 spiro atoms. The molecule has 2 saturated heterocycles. The molecule has 3 aromatic carbocycles. The third kappa shape index (κ3) is 6.28. The molecule has 4 heterocycles. The summed E-state index contributed by atoms with van der Waals surface area (Å²) in [6.07, 6.45) is 5.44. The van der Waals surface area contributed by atoms with E-state index in [2.05, 4.69) is 45.3 Å². The fourth-order valence-electron chi connectivity index (χ4n) is 6.43. The number of nitrogens with zero attached hydrogens (tertiary/aromatic N) is 5. The average molecular weight is 635 g/mol. The number of hydrogen-bond acceptors (Lipinski definition) is 6. The van der Waals surface area contributed by atoms with Crippen LogP contribution in [0, 0.1) is 5.92 Å². The lowest BCUT2D eigenvalue weighted by Gasteiger charge is -2.32. The summed E-state index contributed by atoms with van der Waals surface area (Å²) < 4.78 is 7.63. The molecule has 0 radical (unpaired) electrons. The Balaban J connectivity index is 0.972. The van der Waals surface area contributed by atoms with Crippen molar-refractivity contribution in [2.24, 2.45) is 5.92 Å². The van der Waals surface area contributed by atoms with Gasteiger partial charge < -0.3 is 24.4 Å². The van der Waals surface area contributed by atoms with E-state index in [1.807, 2.05) is 65.6 Å². The maximum atomic E-state index is 13.4. The Hall–Kier alpha value is -4.89. The van der Waals surface area contributed by atoms with E-state index in [-0.39, 0.29) is 30.6 Å². The molecule has 0 bridgehead atoms. The van der Waals surface area contributed by atoms with Crippen LogP contribution in [0.2, 0.25) is 5.02 Å². The zero-order chi connectivity index (χ0) is 31.5. The van der Waals surface area contributed by atoms with E-state index in [1.54, 1.807) is 11.1 Å². The number of carbonyl (C=O) groups is 2. The number of piperidine rings is 1. The smallest absolute Gasteiger partial charge is 0.410 e. The fourth-order valence-corrected chi connectivity index (χ4v) is 6.63. The lowest BCUT2D eigenvalue weighted by atomic mass is 9.95. The molecule has 0 unspecified atom stereocenters. The normalized spacial score (nSPS) is 16.9. The van der Waals surface area contributed by atoms with E-state index in [0.29, 0.717) is 55.7 Å². The Kier molecular flexibility index (Phi) is 8.57. The summed E-state index contributed by atoms with van der Waals surface area (Å²) in [5.74, 6) is 0.530. The largest absolute Gasteiger partial charge is 0.445 e. The van der Waals surface area contributed by atoms with Crippen LogP contribution in [0.5, 0.6) is 0 Å². The minimum absolute atomic E-state index is 0.0247. The zero-order valence-electron chi connectivity index (χ0n) is 25.4. The highest BCUT2D eigenvalue weighted by atomic mass is 35.5. The molecule has 2 fully saturated rings. The van der Waals surface area contributed by atoms with Gasteiger partial charge in [0.25, 0.3) is 0 Å². The third-order valence-electron chi connectivity index (χ3n) is 8.89. The highest BCUT2D eigenvalue weighted by molar-refractivity contribution is 6.33. The van der Waals surface area contributed by atoms with E-state index < -0.39 is 0 Å². The number of anilines is 1. The zero-order valence-corrected chi connectivity index (χ0v) is 26.1. The molecule has 1 atom stereocenters. The van der Waals surface area contributed by atoms with Crippen molar-refractivity contribution in [3.8, 4) is 16.9 Å². The second kappa shape index (κ2) is 13.2. The summed E-state index contributed by atoms with van der Waals surface area (Å²) in [5, 5.41) is 4.97. The molecule has 9 nitrogen and oxygen atoms in total. The number of aromatic nitrogens is 3. The number of halogens is 1. The van der Waals surface area contributed by atoms with Crippen LogP contribution in [-0.4, -0.2) is 68.6 Å². The SMILES string of the molecule is O=C(OCc1ccccc1)N1CCC(C(=O)N2CC[C@@H](Nc3ncc(Cl)c(-c4cn(-c5ccccc5)c5ccccc45)n3)C2)CC1. The molecule has 2 aliphatic rings. The van der Waals surface area contributed by atoms with Crippen molar-refractivity contribution in [3.05, 3.63) is 108 Å². The summed E-state index contributed by atoms with van der Waals surface area (Å²) in [6, 6.07) is 28.1. The predicted octanol–water partition coefficient (Wildman–Crippen LogP) is 6.80. The van der Waals surface area contributed by atoms with Crippen molar-refractivity contribution < 1.29 is 14.3 Å². The Morgan fingerprint density at radius 2 is 1.57 bits per heavy atom. The van der Waals surface area contributed by atoms with Crippen LogP contribution < -0.4 is 5.32 Å². The topological polar surface area (TPSA) is 92.6 Å². The van der Waals surface area contributed by atoms with Crippen molar-refractivity contribution in [2.45, 2.75) is 31.9 Å². The first-order valence-electron chi connectivity index (χ1n) is 15.7. The monoisotopic (exact) mass is 634 g/mol. The van der Waals surface area contributed by atoms with Gasteiger partial charge in [-0.15, -0.1) is 0 Å². The number of nitrogens with one attached hydrogen (secondary N) is 1. The maximum absolute atomic E-state index is 13.4. The number of likely N-dealkylation sites (tertiary alicyclic amines) is 2. The lowest BCUT2D eigenvalue weighted by molar-refractivity contribution is -0.135. The molecular formula is C36H35ClN6O3. The quantitative estimate of drug-likeness (QED) is 0.212. The molecule has 46 heavy (non-hydrogen) atoms. The van der Waals surface area contributed by atoms with Gasteiger partial charge in [0.1, 0.15) is 6.61 Å². The van der Waals surface area contributed by atoms with Gasteiger partial charge in [0.2, 0.25) is 11.9 Å². The molecule has 7 rings (SSSR count). The first-order chi connectivity index (χ1) is 22.5. The Morgan fingerprint density at radius 3 is 2.35 bits per heavy atom. The molecular weight excluding hydrogens is 600 g/mol. The molecule has 2 aliphatic heterocycles. The molecule has 1 N–H and O–H groups in total. The number of rotatable bonds is 7. The minimum Gasteiger partial charge on any atom is -0.445 e. The van der Waals surface area contributed by atoms with Gasteiger partial charge in [0.05, 0.1) is 22.4 Å². The Bertz CT molecular complexity index is 1840. The van der Waals surface area contributed by atoms with E-state index in [0.717, 1.165) is 34.1 Å². The van der Waals surface area contributed by atoms with Gasteiger partial charge in [0.15, 0.2) is 0 Å². The van der Waals surface area contributed by atoms with Crippen molar-refractivity contribution in [1.29, 1.82) is 0 Å². The van der Waals surface area contributed by atoms with Gasteiger partial charge in [-0.1, -0.05) is 78.3 Å². The van der Waals surface area contributed by atoms with Crippen molar-refractivity contribution >= 4 is 40.5 Å². The summed E-state index contributed by atoms with van der Waals surface area (Å²) in [5.41, 5.74) is 4.65. The van der Waals surface area contributed by atoms with Crippen LogP contribution in [0.3, 0.4) is 0 Å². The molecule has 10 heteroatoms. The van der Waals surface area contributed by atoms with Crippen LogP contribution in [0.4, 0.5) is 10.7 Å². The molecule has 0 aliphatic carbocycles. The highest BCUT2D eigenvalue weighted by Gasteiger charge is 2.34. The first kappa shape index (κ1) is 29.8. The van der Waals surface area contributed by atoms with Crippen LogP contribution in [0.1, 0.15) is 24.8 Å². The second-order valence-corrected chi connectivity index (χ2v) is 12.3. The van der Waals surface area contributed by atoms with Gasteiger partial charge in [0, 0.05) is 61.0 Å². The number of fused-ring (bicyclic) bond motifs is 1. The van der Waals surface area contributed by atoms with Crippen molar-refractivity contribution in [2.75, 3.05) is 31.5 Å². The van der Waals surface area contributed by atoms with Crippen molar-refractivity contribution in [3.63, 3.8) is 0 Å². The summed E-state index contributed by atoms with van der Waals surface area (Å²) >= 11 is 6.68. The minimum atomic E-state index is -0.327. The van der Waals surface area contributed by atoms with E-state index in [9.17, 15) is 9.59 Å². The molecule has 2 amide bonds. The predicted molar refractivity (Wildman–Crippen MR) is 179 cm³/mol. The lowest BCUT2D eigenvalue weighted by Crippen LogP contribution is -2.44. The highest BCUT2D eigenvalue weighted by Crippen LogP contribution is 2.35. The standard InChI is InChI=1S/C36H35ClN6O3/c37-31-21-38-35(40-33(31)30-23-43(28-11-5-2-6-12-28)32-14-8-7-13-29(30)32)39-27-17-20-42(22-27)34(44)26-15-18-41(19-16-26)36(45)46-24-25-9-3-1-4-10-25/h1-14,21,23,26-27H,15-20,22,24H2,(H,38,39,40)/t27-/m1/s1. The maximum Gasteiger partial charge on any atom is 0.410 e. The van der Waals surface area contributed by atoms with Crippen LogP contribution in [0.25, 0.3) is 27.8 Å². The fraction of sp³-hybridized carbons (Fsp3) is 0.278. The Labute approximate surface area is 272 Å². The molecule has 5 aromatic rings.